The summed E-state index contributed by atoms with van der Waals surface area (Å²) in [6.07, 6.45) is 3.32. The third-order valence-electron chi connectivity index (χ3n) is 7.98. The molecule has 0 radical (unpaired) electrons. The molecule has 2 aromatic carbocycles. The van der Waals surface area contributed by atoms with Crippen molar-refractivity contribution in [1.82, 2.24) is 10.3 Å². The van der Waals surface area contributed by atoms with Crippen LogP contribution in [0.1, 0.15) is 84.4 Å². The number of aryl methyl sites for hydroxylation is 2. The lowest BCUT2D eigenvalue weighted by Crippen LogP contribution is -2.27. The van der Waals surface area contributed by atoms with E-state index in [9.17, 15) is 29.1 Å². The summed E-state index contributed by atoms with van der Waals surface area (Å²) in [5, 5.41) is 21.2. The maximum absolute atomic E-state index is 13.8. The minimum absolute atomic E-state index is 0.0157. The summed E-state index contributed by atoms with van der Waals surface area (Å²) in [5.74, 6) is -2.97. The Labute approximate surface area is 275 Å². The van der Waals surface area contributed by atoms with Crippen molar-refractivity contribution in [2.24, 2.45) is 5.92 Å². The van der Waals surface area contributed by atoms with Crippen molar-refractivity contribution in [2.75, 3.05) is 6.54 Å². The zero-order valence-electron chi connectivity index (χ0n) is 26.4. The number of nitrogens with one attached hydrogen (secondary N) is 2. The minimum atomic E-state index is -1.34. The molecule has 0 saturated heterocycles. The highest BCUT2D eigenvalue weighted by Gasteiger charge is 2.25. The molecule has 4 aromatic rings. The number of carbonyl (C=O) groups excluding carboxylic acids is 3. The maximum atomic E-state index is 13.8. The van der Waals surface area contributed by atoms with Crippen LogP contribution >= 0.6 is 0 Å². The molecule has 12 nitrogen and oxygen atoms in total. The number of rotatable bonds is 14. The largest absolute Gasteiger partial charge is 0.519 e. The van der Waals surface area contributed by atoms with Crippen LogP contribution in [-0.2, 0) is 22.6 Å². The molecule has 0 spiro atoms. The number of hydrogen-bond acceptors (Lipinski definition) is 10. The first kappa shape index (κ1) is 33.5. The Morgan fingerprint density at radius 2 is 1.79 bits per heavy atom. The average Bonchev–Trinajstić information content (AvgIpc) is 3.84. The van der Waals surface area contributed by atoms with Gasteiger partial charge >= 0.3 is 17.8 Å². The third-order valence-corrected chi connectivity index (χ3v) is 7.98. The molecule has 0 atom stereocenters. The predicted octanol–water partition coefficient (Wildman–Crippen LogP) is 5.32. The molecule has 246 valence electrons. The highest BCUT2D eigenvalue weighted by Crippen LogP contribution is 2.32. The first-order valence-corrected chi connectivity index (χ1v) is 15.2. The fourth-order valence-corrected chi connectivity index (χ4v) is 5.07. The second kappa shape index (κ2) is 14.2. The van der Waals surface area contributed by atoms with Gasteiger partial charge < -0.3 is 29.4 Å². The number of nitrogens with zero attached hydrogens (tertiary/aromatic N) is 1. The highest BCUT2D eigenvalue weighted by molar-refractivity contribution is 6.08. The van der Waals surface area contributed by atoms with Gasteiger partial charge in [0.2, 0.25) is 0 Å². The Kier molecular flexibility index (Phi) is 9.93. The monoisotopic (exact) mass is 651 g/mol. The van der Waals surface area contributed by atoms with E-state index in [0.717, 1.165) is 18.4 Å². The van der Waals surface area contributed by atoms with Gasteiger partial charge in [-0.15, -0.1) is 0 Å². The van der Waals surface area contributed by atoms with E-state index >= 15 is 0 Å². The van der Waals surface area contributed by atoms with Gasteiger partial charge in [0, 0.05) is 29.8 Å². The normalized spacial score (nSPS) is 12.3. The quantitative estimate of drug-likeness (QED) is 0.0914. The van der Waals surface area contributed by atoms with E-state index in [1.807, 2.05) is 6.92 Å². The molecule has 12 heteroatoms. The summed E-state index contributed by atoms with van der Waals surface area (Å²) in [6, 6.07) is 12.9. The van der Waals surface area contributed by atoms with E-state index in [2.05, 4.69) is 16.9 Å². The summed E-state index contributed by atoms with van der Waals surface area (Å²) in [6.45, 7) is 7.36. The lowest BCUT2D eigenvalue weighted by Gasteiger charge is -2.15. The number of benzene rings is 2. The Hall–Kier alpha value is -5.91. The fraction of sp³-hybridized carbons (Fsp3) is 0.250. The summed E-state index contributed by atoms with van der Waals surface area (Å²) >= 11 is 0. The Morgan fingerprint density at radius 3 is 2.42 bits per heavy atom. The molecular weight excluding hydrogens is 618 g/mol. The van der Waals surface area contributed by atoms with Crippen LogP contribution in [0.15, 0.2) is 68.7 Å². The molecule has 1 amide bonds. The van der Waals surface area contributed by atoms with Crippen molar-refractivity contribution in [1.29, 1.82) is 5.41 Å². The zero-order valence-corrected chi connectivity index (χ0v) is 26.4. The van der Waals surface area contributed by atoms with E-state index in [-0.39, 0.29) is 65.0 Å². The molecule has 2 heterocycles. The number of amides is 1. The number of carboxylic acids is 1. The van der Waals surface area contributed by atoms with Gasteiger partial charge in [-0.05, 0) is 78.6 Å². The van der Waals surface area contributed by atoms with Crippen LogP contribution in [0.4, 0.5) is 0 Å². The van der Waals surface area contributed by atoms with Gasteiger partial charge in [0.15, 0.2) is 29.6 Å². The van der Waals surface area contributed by atoms with Gasteiger partial charge in [0.1, 0.15) is 5.69 Å². The number of ether oxygens (including phenoxy) is 1. The first-order valence-electron chi connectivity index (χ1n) is 15.2. The van der Waals surface area contributed by atoms with Crippen LogP contribution in [0.5, 0.6) is 0 Å². The number of Topliss-reactive ketones (excluding diaryl/α,β-unsaturated/α-hetero) is 1. The van der Waals surface area contributed by atoms with Crippen molar-refractivity contribution < 1.29 is 37.9 Å². The van der Waals surface area contributed by atoms with E-state index in [1.165, 1.54) is 19.1 Å². The van der Waals surface area contributed by atoms with Crippen molar-refractivity contribution in [3.05, 3.63) is 116 Å². The number of aromatic carboxylic acids is 1. The van der Waals surface area contributed by atoms with Crippen molar-refractivity contribution in [3.8, 4) is 11.1 Å². The van der Waals surface area contributed by atoms with Crippen LogP contribution in [0.3, 0.4) is 0 Å². The lowest BCUT2D eigenvalue weighted by atomic mass is 9.89. The number of carbonyl (C=O) groups is 4. The first-order chi connectivity index (χ1) is 22.9. The van der Waals surface area contributed by atoms with Crippen LogP contribution in [0.2, 0.25) is 0 Å². The smallest absolute Gasteiger partial charge is 0.476 e. The molecule has 1 fully saturated rings. The SMILES string of the molecule is C=Cc1cc(C(=O)Cc2ccc(C(=N)CC(=O)OCc3oc(=O)oc3C)cc2)c(-c2ccc(C(=O)NCC3CC3)nc2C(=O)O)cc1C. The summed E-state index contributed by atoms with van der Waals surface area (Å²) in [7, 11) is 0. The summed E-state index contributed by atoms with van der Waals surface area (Å²) in [5.41, 5.74) is 2.96. The topological polar surface area (TPSA) is 190 Å². The third kappa shape index (κ3) is 7.89. The average molecular weight is 652 g/mol. The number of aromatic nitrogens is 1. The second-order valence-electron chi connectivity index (χ2n) is 11.6. The molecule has 48 heavy (non-hydrogen) atoms. The fourth-order valence-electron chi connectivity index (χ4n) is 5.07. The highest BCUT2D eigenvalue weighted by atomic mass is 16.6. The molecule has 2 aromatic heterocycles. The molecule has 0 bridgehead atoms. The van der Waals surface area contributed by atoms with Crippen LogP contribution in [-0.4, -0.2) is 46.0 Å². The molecule has 1 aliphatic carbocycles. The molecule has 0 aliphatic heterocycles. The number of carboxylic acid groups (broad SMARTS) is 1. The van der Waals surface area contributed by atoms with Gasteiger partial charge in [0.05, 0.1) is 6.42 Å². The van der Waals surface area contributed by atoms with Crippen LogP contribution < -0.4 is 11.1 Å². The molecule has 5 rings (SSSR count). The zero-order chi connectivity index (χ0) is 34.5. The van der Waals surface area contributed by atoms with Crippen molar-refractivity contribution in [3.63, 3.8) is 0 Å². The molecule has 1 saturated carbocycles. The van der Waals surface area contributed by atoms with E-state index in [4.69, 9.17) is 19.0 Å². The van der Waals surface area contributed by atoms with Crippen molar-refractivity contribution in [2.45, 2.75) is 46.1 Å². The number of esters is 1. The van der Waals surface area contributed by atoms with Gasteiger partial charge in [-0.1, -0.05) is 43.0 Å². The Bertz CT molecular complexity index is 2000. The minimum Gasteiger partial charge on any atom is -0.476 e. The van der Waals surface area contributed by atoms with Gasteiger partial charge in [-0.2, -0.15) is 0 Å². The van der Waals surface area contributed by atoms with Crippen LogP contribution in [0.25, 0.3) is 17.2 Å². The number of ketones is 1. The molecule has 1 aliphatic rings. The van der Waals surface area contributed by atoms with Crippen molar-refractivity contribution >= 4 is 35.4 Å². The van der Waals surface area contributed by atoms with E-state index < -0.39 is 23.7 Å². The number of hydrogen-bond donors (Lipinski definition) is 3. The lowest BCUT2D eigenvalue weighted by molar-refractivity contribution is -0.144. The second-order valence-corrected chi connectivity index (χ2v) is 11.6. The van der Waals surface area contributed by atoms with Gasteiger partial charge in [-0.25, -0.2) is 14.6 Å². The maximum Gasteiger partial charge on any atom is 0.519 e. The van der Waals surface area contributed by atoms with Crippen LogP contribution in [0, 0.1) is 25.2 Å². The van der Waals surface area contributed by atoms with E-state index in [0.29, 0.717) is 34.7 Å². The van der Waals surface area contributed by atoms with Gasteiger partial charge in [0.25, 0.3) is 5.91 Å². The molecule has 3 N–H and O–H groups in total. The summed E-state index contributed by atoms with van der Waals surface area (Å²) in [4.78, 5) is 66.3. The Balaban J connectivity index is 1.32. The van der Waals surface area contributed by atoms with E-state index in [1.54, 1.807) is 42.5 Å². The Morgan fingerprint density at radius 1 is 1.06 bits per heavy atom. The molecular formula is C36H33N3O9. The number of pyridine rings is 1. The predicted molar refractivity (Wildman–Crippen MR) is 174 cm³/mol. The van der Waals surface area contributed by atoms with Gasteiger partial charge in [-0.3, -0.25) is 14.4 Å². The molecule has 0 unspecified atom stereocenters. The standard InChI is InChI=1S/C36H33N3O9/c1-4-23-15-27(26(13-19(23)2)25-11-12-29(39-33(25)35(43)44)34(42)38-17-22-5-6-22)30(40)14-21-7-9-24(10-8-21)28(37)16-32(41)46-18-31-20(3)47-36(45)48-31/h4,7-13,15,22,37H,1,5-6,14,16-18H2,2-3H3,(H,38,42)(H,43,44). The summed E-state index contributed by atoms with van der Waals surface area (Å²) < 4.78 is 14.6.